The van der Waals surface area contributed by atoms with Crippen LogP contribution in [0, 0.1) is 3.95 Å². The summed E-state index contributed by atoms with van der Waals surface area (Å²) in [6.45, 7) is 1.75. The Morgan fingerprint density at radius 1 is 1.22 bits per heavy atom. The van der Waals surface area contributed by atoms with Crippen molar-refractivity contribution >= 4 is 51.2 Å². The van der Waals surface area contributed by atoms with E-state index < -0.39 is 0 Å². The van der Waals surface area contributed by atoms with Gasteiger partial charge in [-0.3, -0.25) is 19.3 Å². The van der Waals surface area contributed by atoms with E-state index in [2.05, 4.69) is 20.1 Å². The van der Waals surface area contributed by atoms with E-state index in [9.17, 15) is 4.79 Å². The van der Waals surface area contributed by atoms with Crippen molar-refractivity contribution in [3.63, 3.8) is 0 Å². The van der Waals surface area contributed by atoms with Gasteiger partial charge in [-0.2, -0.15) is 9.78 Å². The highest BCUT2D eigenvalue weighted by Gasteiger charge is 2.14. The molecule has 27 heavy (non-hydrogen) atoms. The molecule has 0 aliphatic rings. The molecule has 0 radical (unpaired) electrons. The normalized spacial score (nSPS) is 11.9. The molecule has 0 fully saturated rings. The lowest BCUT2D eigenvalue weighted by molar-refractivity contribution is 0.807. The molecule has 0 saturated carbocycles. The number of halogens is 1. The molecular weight excluding hydrogens is 404 g/mol. The van der Waals surface area contributed by atoms with Crippen LogP contribution in [0.3, 0.4) is 0 Å². The van der Waals surface area contributed by atoms with Crippen LogP contribution in [0.5, 0.6) is 0 Å². The third-order valence-corrected chi connectivity index (χ3v) is 5.36. The van der Waals surface area contributed by atoms with Gasteiger partial charge >= 0.3 is 0 Å². The fourth-order valence-corrected chi connectivity index (χ4v) is 3.92. The summed E-state index contributed by atoms with van der Waals surface area (Å²) in [5, 5.41) is 4.92. The number of rotatable bonds is 3. The van der Waals surface area contributed by atoms with E-state index in [0.717, 1.165) is 5.69 Å². The van der Waals surface area contributed by atoms with E-state index >= 15 is 0 Å². The molecule has 0 aliphatic carbocycles. The number of thiazole rings is 1. The highest BCUT2D eigenvalue weighted by atomic mass is 35.5. The molecule has 0 bridgehead atoms. The second-order valence-corrected chi connectivity index (χ2v) is 7.58. The monoisotopic (exact) mass is 414 g/mol. The van der Waals surface area contributed by atoms with Crippen molar-refractivity contribution in [1.29, 1.82) is 0 Å². The van der Waals surface area contributed by atoms with Gasteiger partial charge in [0.05, 0.1) is 11.9 Å². The molecule has 7 nitrogen and oxygen atoms in total. The van der Waals surface area contributed by atoms with E-state index in [0.29, 0.717) is 30.7 Å². The number of benzene rings is 1. The van der Waals surface area contributed by atoms with Crippen LogP contribution >= 0.6 is 35.2 Å². The molecule has 134 valence electrons. The Bertz CT molecular complexity index is 1280. The van der Waals surface area contributed by atoms with Crippen LogP contribution in [0.25, 0.3) is 16.0 Å². The molecule has 3 heterocycles. The lowest BCUT2D eigenvalue weighted by Crippen LogP contribution is -2.18. The quantitative estimate of drug-likeness (QED) is 0.377. The van der Waals surface area contributed by atoms with Gasteiger partial charge in [0.15, 0.2) is 9.60 Å². The van der Waals surface area contributed by atoms with Crippen LogP contribution in [-0.2, 0) is 0 Å². The number of fused-ring (bicyclic) bond motifs is 1. The summed E-state index contributed by atoms with van der Waals surface area (Å²) >= 11 is 12.6. The van der Waals surface area contributed by atoms with Crippen LogP contribution in [0.1, 0.15) is 12.6 Å². The van der Waals surface area contributed by atoms with Crippen molar-refractivity contribution in [1.82, 2.24) is 24.2 Å². The minimum absolute atomic E-state index is 0.299. The summed E-state index contributed by atoms with van der Waals surface area (Å²) in [6, 6.07) is 7.18. The Labute approximate surface area is 167 Å². The number of aromatic nitrogens is 5. The molecular formula is C17H11ClN6OS2. The molecule has 1 aromatic carbocycles. The number of nitrogens with zero attached hydrogens (tertiary/aromatic N) is 6. The summed E-state index contributed by atoms with van der Waals surface area (Å²) in [6.07, 6.45) is 6.09. The maximum atomic E-state index is 12.9. The molecule has 4 rings (SSSR count). The molecule has 0 spiro atoms. The Balaban J connectivity index is 1.86. The summed E-state index contributed by atoms with van der Waals surface area (Å²) in [5.74, 6) is 0. The van der Waals surface area contributed by atoms with E-state index in [4.69, 9.17) is 23.8 Å². The van der Waals surface area contributed by atoms with E-state index in [1.54, 1.807) is 42.2 Å². The Morgan fingerprint density at radius 2 is 2.00 bits per heavy atom. The van der Waals surface area contributed by atoms with Crippen molar-refractivity contribution in [2.24, 2.45) is 5.10 Å². The van der Waals surface area contributed by atoms with E-state index in [-0.39, 0.29) is 5.56 Å². The average molecular weight is 415 g/mol. The van der Waals surface area contributed by atoms with Crippen molar-refractivity contribution < 1.29 is 0 Å². The third kappa shape index (κ3) is 3.32. The standard InChI is InChI=1S/C17H11ClN6OS2/c1-10(13-8-19-6-7-20-13)22-23-9-21-15-14(16(23)25)27-17(26)24(15)12-4-2-11(18)3-5-12/h2-9H,1H3/b22-10+. The summed E-state index contributed by atoms with van der Waals surface area (Å²) in [7, 11) is 0. The lowest BCUT2D eigenvalue weighted by Gasteiger charge is -2.05. The maximum absolute atomic E-state index is 12.9. The average Bonchev–Trinajstić information content (AvgIpc) is 3.02. The van der Waals surface area contributed by atoms with Gasteiger partial charge in [-0.1, -0.05) is 22.9 Å². The zero-order valence-corrected chi connectivity index (χ0v) is 16.3. The van der Waals surface area contributed by atoms with Crippen LogP contribution in [0.2, 0.25) is 5.02 Å². The van der Waals surface area contributed by atoms with Crippen molar-refractivity contribution in [2.75, 3.05) is 0 Å². The van der Waals surface area contributed by atoms with E-state index in [1.165, 1.54) is 22.3 Å². The van der Waals surface area contributed by atoms with Crippen LogP contribution < -0.4 is 5.56 Å². The SMILES string of the molecule is C/C(=N\n1cnc2c(sc(=S)n2-c2ccc(Cl)cc2)c1=O)c1cnccn1. The molecule has 0 N–H and O–H groups in total. The van der Waals surface area contributed by atoms with Gasteiger partial charge in [0.2, 0.25) is 0 Å². The first-order valence-corrected chi connectivity index (χ1v) is 9.36. The summed E-state index contributed by atoms with van der Waals surface area (Å²) < 4.78 is 3.87. The van der Waals surface area contributed by atoms with Crippen LogP contribution in [0.4, 0.5) is 0 Å². The molecule has 0 saturated heterocycles. The molecule has 0 atom stereocenters. The first kappa shape index (κ1) is 17.7. The van der Waals surface area contributed by atoms with Gasteiger partial charge in [0.1, 0.15) is 16.7 Å². The summed E-state index contributed by atoms with van der Waals surface area (Å²) in [4.78, 5) is 25.4. The predicted molar refractivity (Wildman–Crippen MR) is 109 cm³/mol. The summed E-state index contributed by atoms with van der Waals surface area (Å²) in [5.41, 5.74) is 2.11. The first-order valence-electron chi connectivity index (χ1n) is 7.76. The lowest BCUT2D eigenvalue weighted by atomic mass is 10.3. The zero-order chi connectivity index (χ0) is 19.0. The van der Waals surface area contributed by atoms with Crippen LogP contribution in [0.15, 0.2) is 59.1 Å². The highest BCUT2D eigenvalue weighted by Crippen LogP contribution is 2.23. The van der Waals surface area contributed by atoms with Gasteiger partial charge < -0.3 is 0 Å². The van der Waals surface area contributed by atoms with Crippen molar-refractivity contribution in [3.8, 4) is 5.69 Å². The van der Waals surface area contributed by atoms with Crippen LogP contribution in [-0.4, -0.2) is 29.9 Å². The van der Waals surface area contributed by atoms with Gasteiger partial charge in [-0.15, -0.1) is 0 Å². The minimum atomic E-state index is -0.299. The fraction of sp³-hybridized carbons (Fsp3) is 0.0588. The first-order chi connectivity index (χ1) is 13.0. The predicted octanol–water partition coefficient (Wildman–Crippen LogP) is 3.69. The van der Waals surface area contributed by atoms with Gasteiger partial charge in [-0.25, -0.2) is 4.98 Å². The molecule has 0 unspecified atom stereocenters. The molecule has 0 aliphatic heterocycles. The van der Waals surface area contributed by atoms with E-state index in [1.807, 2.05) is 12.1 Å². The van der Waals surface area contributed by atoms with Gasteiger partial charge in [0.25, 0.3) is 5.56 Å². The largest absolute Gasteiger partial charge is 0.293 e. The topological polar surface area (TPSA) is 78.0 Å². The smallest absolute Gasteiger partial charge is 0.275 e. The zero-order valence-electron chi connectivity index (χ0n) is 13.9. The Kier molecular flexibility index (Phi) is 4.65. The molecule has 10 heteroatoms. The Morgan fingerprint density at radius 3 is 2.70 bits per heavy atom. The fourth-order valence-electron chi connectivity index (χ4n) is 2.48. The van der Waals surface area contributed by atoms with Gasteiger partial charge in [0, 0.05) is 23.1 Å². The second kappa shape index (κ2) is 7.10. The van der Waals surface area contributed by atoms with Crippen molar-refractivity contribution in [3.05, 3.63) is 74.2 Å². The number of hydrogen-bond acceptors (Lipinski definition) is 7. The van der Waals surface area contributed by atoms with Crippen molar-refractivity contribution in [2.45, 2.75) is 6.92 Å². The minimum Gasteiger partial charge on any atom is -0.275 e. The second-order valence-electron chi connectivity index (χ2n) is 5.50. The molecule has 0 amide bonds. The maximum Gasteiger partial charge on any atom is 0.293 e. The van der Waals surface area contributed by atoms with Gasteiger partial charge in [-0.05, 0) is 43.4 Å². The molecule has 3 aromatic heterocycles. The third-order valence-electron chi connectivity index (χ3n) is 3.75. The highest BCUT2D eigenvalue weighted by molar-refractivity contribution is 7.73. The Hall–Kier alpha value is -2.75. The number of hydrogen-bond donors (Lipinski definition) is 0. The molecule has 4 aromatic rings.